The van der Waals surface area contributed by atoms with Crippen LogP contribution in [0.2, 0.25) is 0 Å². The van der Waals surface area contributed by atoms with Gasteiger partial charge in [0.05, 0.1) is 22.0 Å². The van der Waals surface area contributed by atoms with Crippen LogP contribution < -0.4 is 10.9 Å². The summed E-state index contributed by atoms with van der Waals surface area (Å²) in [6.07, 6.45) is 7.80. The van der Waals surface area contributed by atoms with E-state index >= 15 is 0 Å². The molecule has 2 aliphatic heterocycles. The van der Waals surface area contributed by atoms with Gasteiger partial charge in [-0.1, -0.05) is 45.4 Å². The molecule has 2 aliphatic rings. The normalized spacial score (nSPS) is 20.8. The maximum atomic E-state index is 13.2. The summed E-state index contributed by atoms with van der Waals surface area (Å²) in [5, 5.41) is 3.99. The lowest BCUT2D eigenvalue weighted by atomic mass is 9.74. The summed E-state index contributed by atoms with van der Waals surface area (Å²) in [5.41, 5.74) is 4.59. The van der Waals surface area contributed by atoms with Crippen molar-refractivity contribution in [3.8, 4) is 5.69 Å². The maximum absolute atomic E-state index is 13.2. The number of fused-ring (bicyclic) bond motifs is 5. The molecule has 198 valence electrons. The lowest BCUT2D eigenvalue weighted by Gasteiger charge is -2.37. The molecule has 1 N–H and O–H groups in total. The largest absolute Gasteiger partial charge is 0.320 e. The number of piperidine rings is 1. The van der Waals surface area contributed by atoms with Crippen LogP contribution in [0, 0.1) is 0 Å². The van der Waals surface area contributed by atoms with Gasteiger partial charge in [-0.05, 0) is 116 Å². The predicted molar refractivity (Wildman–Crippen MR) is 157 cm³/mol. The van der Waals surface area contributed by atoms with Gasteiger partial charge < -0.3 is 10.2 Å². The second-order valence-corrected chi connectivity index (χ2v) is 11.8. The van der Waals surface area contributed by atoms with Crippen LogP contribution in [-0.2, 0) is 5.41 Å². The first-order valence-electron chi connectivity index (χ1n) is 14.2. The van der Waals surface area contributed by atoms with Crippen LogP contribution in [0.25, 0.3) is 16.6 Å². The van der Waals surface area contributed by atoms with Crippen molar-refractivity contribution >= 4 is 26.8 Å². The Labute approximate surface area is 229 Å². The Hall–Kier alpha value is -2.02. The minimum atomic E-state index is -0.219. The molecule has 1 saturated heterocycles. The number of nitrogens with one attached hydrogen (secondary N) is 1. The van der Waals surface area contributed by atoms with Gasteiger partial charge in [-0.15, -0.1) is 0 Å². The Balaban J connectivity index is 1.55. The Morgan fingerprint density at radius 1 is 1.16 bits per heavy atom. The summed E-state index contributed by atoms with van der Waals surface area (Å²) in [7, 11) is 2.05. The molecule has 5 nitrogen and oxygen atoms in total. The van der Waals surface area contributed by atoms with Crippen molar-refractivity contribution in [2.24, 2.45) is 0 Å². The Bertz CT molecular complexity index is 1330. The van der Waals surface area contributed by atoms with Crippen LogP contribution >= 0.6 is 15.9 Å². The first-order chi connectivity index (χ1) is 18.0. The zero-order valence-electron chi connectivity index (χ0n) is 22.8. The third-order valence-electron chi connectivity index (χ3n) is 9.07. The van der Waals surface area contributed by atoms with Crippen LogP contribution in [-0.4, -0.2) is 47.2 Å². The van der Waals surface area contributed by atoms with Crippen LogP contribution in [0.4, 0.5) is 0 Å². The molecule has 2 aromatic carbocycles. The second kappa shape index (κ2) is 11.0. The number of nitrogens with zero attached hydrogens (tertiary/aromatic N) is 3. The molecule has 37 heavy (non-hydrogen) atoms. The van der Waals surface area contributed by atoms with Crippen LogP contribution in [0.15, 0.2) is 45.7 Å². The smallest absolute Gasteiger partial charge is 0.281 e. The van der Waals surface area contributed by atoms with E-state index in [4.69, 9.17) is 4.98 Å². The van der Waals surface area contributed by atoms with Crippen LogP contribution in [0.3, 0.4) is 0 Å². The summed E-state index contributed by atoms with van der Waals surface area (Å²) in [4.78, 5) is 20.7. The van der Waals surface area contributed by atoms with Crippen LogP contribution in [0.5, 0.6) is 0 Å². The minimum Gasteiger partial charge on any atom is -0.320 e. The highest BCUT2D eigenvalue weighted by Gasteiger charge is 2.44. The highest BCUT2D eigenvalue weighted by atomic mass is 79.9. The minimum absolute atomic E-state index is 0.133. The number of rotatable bonds is 9. The highest BCUT2D eigenvalue weighted by molar-refractivity contribution is 9.10. The van der Waals surface area contributed by atoms with Crippen molar-refractivity contribution in [3.05, 3.63) is 68.2 Å². The number of benzene rings is 2. The molecule has 0 radical (unpaired) electrons. The standard InChI is InChI=1S/C31H41BrN4O/c1-5-16-31(7-3)24-12-11-22(21-14-18-35(19-15-21)23(6-2)13-17-33-4)20-27(24)36-26-10-8-9-25(32)28(26)29(37)34-30(31)36/h8-12,20-21,23,33H,5-7,13-19H2,1-4H3. The quantitative estimate of drug-likeness (QED) is 0.321. The van der Waals surface area contributed by atoms with Gasteiger partial charge in [0.25, 0.3) is 5.56 Å². The van der Waals surface area contributed by atoms with E-state index in [-0.39, 0.29) is 11.0 Å². The van der Waals surface area contributed by atoms with E-state index < -0.39 is 0 Å². The van der Waals surface area contributed by atoms with Crippen molar-refractivity contribution in [2.45, 2.75) is 83.1 Å². The Kier molecular flexibility index (Phi) is 7.90. The summed E-state index contributed by atoms with van der Waals surface area (Å²) >= 11 is 3.63. The molecule has 0 spiro atoms. The summed E-state index contributed by atoms with van der Waals surface area (Å²) in [6.45, 7) is 10.2. The first kappa shape index (κ1) is 26.6. The zero-order chi connectivity index (χ0) is 26.2. The fraction of sp³-hybridized carbons (Fsp3) is 0.548. The zero-order valence-corrected chi connectivity index (χ0v) is 24.4. The van der Waals surface area contributed by atoms with Gasteiger partial charge in [-0.2, -0.15) is 4.98 Å². The highest BCUT2D eigenvalue weighted by Crippen LogP contribution is 2.49. The topological polar surface area (TPSA) is 50.2 Å². The van der Waals surface area contributed by atoms with E-state index in [9.17, 15) is 4.79 Å². The number of aromatic nitrogens is 2. The third kappa shape index (κ3) is 4.49. The van der Waals surface area contributed by atoms with E-state index in [0.29, 0.717) is 17.3 Å². The molecule has 2 unspecified atom stereocenters. The number of hydrogen-bond donors (Lipinski definition) is 1. The summed E-state index contributed by atoms with van der Waals surface area (Å²) < 4.78 is 3.12. The van der Waals surface area contributed by atoms with Gasteiger partial charge in [0.2, 0.25) is 0 Å². The molecule has 0 saturated carbocycles. The van der Waals surface area contributed by atoms with Crippen molar-refractivity contribution < 1.29 is 0 Å². The van der Waals surface area contributed by atoms with Gasteiger partial charge in [0.1, 0.15) is 5.82 Å². The van der Waals surface area contributed by atoms with Crippen molar-refractivity contribution in [2.75, 3.05) is 26.7 Å². The van der Waals surface area contributed by atoms with E-state index in [0.717, 1.165) is 41.6 Å². The average molecular weight is 566 g/mol. The SMILES string of the molecule is CCCC1(CC)c2ccc(C3CCN(C(CC)CCNC)CC3)cc2-n2c1nc(=O)c1c(Br)cccc12. The van der Waals surface area contributed by atoms with E-state index in [1.165, 1.54) is 55.6 Å². The predicted octanol–water partition coefficient (Wildman–Crippen LogP) is 6.53. The molecule has 1 fully saturated rings. The van der Waals surface area contributed by atoms with Crippen molar-refractivity contribution in [1.82, 2.24) is 19.8 Å². The van der Waals surface area contributed by atoms with E-state index in [1.807, 2.05) is 19.2 Å². The average Bonchev–Trinajstić information content (AvgIpc) is 3.18. The molecule has 0 aliphatic carbocycles. The lowest BCUT2D eigenvalue weighted by Crippen LogP contribution is -2.41. The van der Waals surface area contributed by atoms with Crippen molar-refractivity contribution in [3.63, 3.8) is 0 Å². The number of hydrogen-bond acceptors (Lipinski definition) is 4. The molecule has 6 heteroatoms. The van der Waals surface area contributed by atoms with Gasteiger partial charge in [0.15, 0.2) is 0 Å². The third-order valence-corrected chi connectivity index (χ3v) is 9.73. The van der Waals surface area contributed by atoms with Gasteiger partial charge in [0, 0.05) is 10.5 Å². The van der Waals surface area contributed by atoms with E-state index in [1.54, 1.807) is 0 Å². The summed E-state index contributed by atoms with van der Waals surface area (Å²) in [5.74, 6) is 1.49. The van der Waals surface area contributed by atoms with Crippen LogP contribution in [0.1, 0.15) is 88.6 Å². The molecule has 0 bridgehead atoms. The molecule has 1 aromatic heterocycles. The molecule has 3 aromatic rings. The molecular weight excluding hydrogens is 524 g/mol. The molecule has 0 amide bonds. The molecule has 2 atom stereocenters. The fourth-order valence-electron chi connectivity index (χ4n) is 7.06. The van der Waals surface area contributed by atoms with Gasteiger partial charge in [-0.25, -0.2) is 0 Å². The van der Waals surface area contributed by atoms with E-state index in [2.05, 4.69) is 75.8 Å². The first-order valence-corrected chi connectivity index (χ1v) is 15.0. The number of halogens is 1. The summed E-state index contributed by atoms with van der Waals surface area (Å²) in [6, 6.07) is 13.9. The monoisotopic (exact) mass is 564 g/mol. The van der Waals surface area contributed by atoms with Gasteiger partial charge >= 0.3 is 0 Å². The molecule has 3 heterocycles. The second-order valence-electron chi connectivity index (χ2n) is 10.9. The van der Waals surface area contributed by atoms with Gasteiger partial charge in [-0.3, -0.25) is 9.36 Å². The molecular formula is C31H41BrN4O. The lowest BCUT2D eigenvalue weighted by molar-refractivity contribution is 0.141. The Morgan fingerprint density at radius 2 is 1.95 bits per heavy atom. The van der Waals surface area contributed by atoms with Crippen molar-refractivity contribution in [1.29, 1.82) is 0 Å². The fourth-order valence-corrected chi connectivity index (χ4v) is 7.58. The Morgan fingerprint density at radius 3 is 2.62 bits per heavy atom. The maximum Gasteiger partial charge on any atom is 0.281 e. The molecule has 5 rings (SSSR count). The number of likely N-dealkylation sites (tertiary alicyclic amines) is 1.